The van der Waals surface area contributed by atoms with E-state index < -0.39 is 5.54 Å². The van der Waals surface area contributed by atoms with Crippen LogP contribution in [0.25, 0.3) is 0 Å². The molecular weight excluding hydrogens is 294 g/mol. The second kappa shape index (κ2) is 6.08. The van der Waals surface area contributed by atoms with Crippen molar-refractivity contribution in [2.75, 3.05) is 39.8 Å². The van der Waals surface area contributed by atoms with Gasteiger partial charge in [-0.1, -0.05) is 6.08 Å². The Balaban J connectivity index is 1.84. The van der Waals surface area contributed by atoms with E-state index in [9.17, 15) is 9.59 Å². The van der Waals surface area contributed by atoms with Crippen LogP contribution in [-0.2, 0) is 4.79 Å². The van der Waals surface area contributed by atoms with Gasteiger partial charge >= 0.3 is 0 Å². The van der Waals surface area contributed by atoms with Gasteiger partial charge in [-0.15, -0.1) is 6.58 Å². The summed E-state index contributed by atoms with van der Waals surface area (Å²) in [5.41, 5.74) is -0.324. The van der Waals surface area contributed by atoms with Crippen molar-refractivity contribution in [3.8, 4) is 0 Å². The molecule has 3 rings (SSSR count). The number of nitrogens with zero attached hydrogens (tertiary/aromatic N) is 5. The number of rotatable bonds is 3. The number of hydrogen-bond acceptors (Lipinski definition) is 5. The van der Waals surface area contributed by atoms with E-state index in [2.05, 4.69) is 21.4 Å². The van der Waals surface area contributed by atoms with Gasteiger partial charge in [-0.3, -0.25) is 19.5 Å². The second-order valence-electron chi connectivity index (χ2n) is 6.06. The van der Waals surface area contributed by atoms with Crippen LogP contribution < -0.4 is 0 Å². The Morgan fingerprint density at radius 1 is 1.39 bits per heavy atom. The predicted octanol–water partition coefficient (Wildman–Crippen LogP) is 0.0213. The molecule has 23 heavy (non-hydrogen) atoms. The Bertz CT molecular complexity index is 620. The molecule has 3 heterocycles. The van der Waals surface area contributed by atoms with Crippen LogP contribution in [0, 0.1) is 0 Å². The molecule has 2 amide bonds. The molecule has 1 spiro atoms. The van der Waals surface area contributed by atoms with Crippen LogP contribution in [0.15, 0.2) is 31.2 Å². The fourth-order valence-corrected chi connectivity index (χ4v) is 3.47. The van der Waals surface area contributed by atoms with E-state index in [0.29, 0.717) is 38.3 Å². The summed E-state index contributed by atoms with van der Waals surface area (Å²) in [6, 6.07) is 0. The highest BCUT2D eigenvalue weighted by molar-refractivity contribution is 5.94. The summed E-state index contributed by atoms with van der Waals surface area (Å²) in [7, 11) is 1.82. The first-order chi connectivity index (χ1) is 11.1. The molecule has 0 aromatic carbocycles. The van der Waals surface area contributed by atoms with E-state index in [0.717, 1.165) is 6.54 Å². The maximum Gasteiger partial charge on any atom is 0.274 e. The average molecular weight is 315 g/mol. The predicted molar refractivity (Wildman–Crippen MR) is 84.7 cm³/mol. The minimum atomic E-state index is -0.640. The number of likely N-dealkylation sites (N-methyl/N-ethyl adjacent to an activating group) is 1. The topological polar surface area (TPSA) is 69.6 Å². The summed E-state index contributed by atoms with van der Waals surface area (Å²) in [6.45, 7) is 6.86. The van der Waals surface area contributed by atoms with Crippen molar-refractivity contribution < 1.29 is 9.59 Å². The van der Waals surface area contributed by atoms with Gasteiger partial charge in [0.1, 0.15) is 11.2 Å². The van der Waals surface area contributed by atoms with Gasteiger partial charge < -0.3 is 9.80 Å². The molecule has 1 unspecified atom stereocenters. The minimum absolute atomic E-state index is 0.0834. The van der Waals surface area contributed by atoms with Crippen molar-refractivity contribution >= 4 is 11.8 Å². The smallest absolute Gasteiger partial charge is 0.274 e. The van der Waals surface area contributed by atoms with Crippen LogP contribution in [0.2, 0.25) is 0 Å². The number of piperazine rings is 1. The van der Waals surface area contributed by atoms with Crippen LogP contribution in [0.5, 0.6) is 0 Å². The fourth-order valence-electron chi connectivity index (χ4n) is 3.47. The Hall–Kier alpha value is -2.28. The molecule has 2 aliphatic heterocycles. The largest absolute Gasteiger partial charge is 0.343 e. The molecule has 0 aliphatic carbocycles. The molecule has 0 bridgehead atoms. The lowest BCUT2D eigenvalue weighted by molar-refractivity contribution is -0.148. The van der Waals surface area contributed by atoms with Gasteiger partial charge in [0, 0.05) is 52.2 Å². The van der Waals surface area contributed by atoms with Gasteiger partial charge in [0.05, 0.1) is 6.20 Å². The van der Waals surface area contributed by atoms with E-state index in [1.807, 2.05) is 13.1 Å². The summed E-state index contributed by atoms with van der Waals surface area (Å²) < 4.78 is 0. The van der Waals surface area contributed by atoms with Crippen LogP contribution in [0.3, 0.4) is 0 Å². The molecule has 2 fully saturated rings. The third-order valence-electron chi connectivity index (χ3n) is 4.72. The lowest BCUT2D eigenvalue weighted by atomic mass is 9.91. The van der Waals surface area contributed by atoms with Crippen LogP contribution in [-0.4, -0.2) is 81.8 Å². The molecule has 0 saturated carbocycles. The summed E-state index contributed by atoms with van der Waals surface area (Å²) in [5.74, 6) is -0.0883. The number of amides is 2. The van der Waals surface area contributed by atoms with E-state index >= 15 is 0 Å². The monoisotopic (exact) mass is 315 g/mol. The van der Waals surface area contributed by atoms with Crippen molar-refractivity contribution in [2.45, 2.75) is 12.0 Å². The minimum Gasteiger partial charge on any atom is -0.343 e. The number of aromatic nitrogens is 2. The maximum atomic E-state index is 12.8. The highest BCUT2D eigenvalue weighted by Crippen LogP contribution is 2.33. The van der Waals surface area contributed by atoms with Gasteiger partial charge in [0.2, 0.25) is 5.91 Å². The zero-order chi connectivity index (χ0) is 16.4. The van der Waals surface area contributed by atoms with Crippen molar-refractivity contribution in [3.05, 3.63) is 36.9 Å². The molecule has 7 heteroatoms. The number of carbonyl (C=O) groups is 2. The SMILES string of the molecule is C=CCN1CCN(C)C(=O)C12CCN(C(=O)c1cnccn1)C2. The first-order valence-corrected chi connectivity index (χ1v) is 7.75. The molecule has 1 aromatic heterocycles. The highest BCUT2D eigenvalue weighted by Gasteiger charge is 2.53. The Labute approximate surface area is 135 Å². The average Bonchev–Trinajstić information content (AvgIpc) is 3.02. The molecule has 122 valence electrons. The number of carbonyl (C=O) groups excluding carboxylic acids is 2. The Morgan fingerprint density at radius 2 is 2.22 bits per heavy atom. The normalized spacial score (nSPS) is 25.2. The number of hydrogen-bond donors (Lipinski definition) is 0. The lowest BCUT2D eigenvalue weighted by Crippen LogP contribution is -2.66. The van der Waals surface area contributed by atoms with Gasteiger partial charge in [-0.25, -0.2) is 4.98 Å². The van der Waals surface area contributed by atoms with E-state index in [4.69, 9.17) is 0 Å². The number of likely N-dealkylation sites (tertiary alicyclic amines) is 1. The molecule has 2 saturated heterocycles. The zero-order valence-electron chi connectivity index (χ0n) is 13.3. The van der Waals surface area contributed by atoms with Crippen molar-refractivity contribution in [3.63, 3.8) is 0 Å². The van der Waals surface area contributed by atoms with E-state index in [1.54, 1.807) is 9.80 Å². The molecule has 1 atom stereocenters. The Kier molecular flexibility index (Phi) is 4.12. The van der Waals surface area contributed by atoms with E-state index in [-0.39, 0.29) is 11.8 Å². The van der Waals surface area contributed by atoms with Gasteiger partial charge in [0.25, 0.3) is 5.91 Å². The molecule has 7 nitrogen and oxygen atoms in total. The molecule has 0 radical (unpaired) electrons. The Morgan fingerprint density at radius 3 is 2.91 bits per heavy atom. The summed E-state index contributed by atoms with van der Waals surface area (Å²) in [6.07, 6.45) is 6.95. The first-order valence-electron chi connectivity index (χ1n) is 7.75. The highest BCUT2D eigenvalue weighted by atomic mass is 16.2. The van der Waals surface area contributed by atoms with Crippen molar-refractivity contribution in [1.29, 1.82) is 0 Å². The van der Waals surface area contributed by atoms with Gasteiger partial charge in [-0.05, 0) is 6.42 Å². The third kappa shape index (κ3) is 2.61. The third-order valence-corrected chi connectivity index (χ3v) is 4.72. The summed E-state index contributed by atoms with van der Waals surface area (Å²) in [5, 5.41) is 0. The summed E-state index contributed by atoms with van der Waals surface area (Å²) in [4.78, 5) is 39.0. The second-order valence-corrected chi connectivity index (χ2v) is 6.06. The lowest BCUT2D eigenvalue weighted by Gasteiger charge is -2.46. The fraction of sp³-hybridized carbons (Fsp3) is 0.500. The zero-order valence-corrected chi connectivity index (χ0v) is 13.3. The van der Waals surface area contributed by atoms with Crippen LogP contribution >= 0.6 is 0 Å². The van der Waals surface area contributed by atoms with E-state index in [1.165, 1.54) is 18.6 Å². The maximum absolute atomic E-state index is 12.8. The summed E-state index contributed by atoms with van der Waals surface area (Å²) >= 11 is 0. The van der Waals surface area contributed by atoms with Crippen LogP contribution in [0.4, 0.5) is 0 Å². The van der Waals surface area contributed by atoms with Crippen molar-refractivity contribution in [1.82, 2.24) is 24.7 Å². The van der Waals surface area contributed by atoms with Gasteiger partial charge in [0.15, 0.2) is 0 Å². The van der Waals surface area contributed by atoms with Gasteiger partial charge in [-0.2, -0.15) is 0 Å². The standard InChI is InChI=1S/C16H21N5O2/c1-3-7-21-10-9-19(2)15(23)16(21)4-8-20(12-16)14(22)13-11-17-5-6-18-13/h3,5-6,11H,1,4,7-10,12H2,2H3. The molecule has 2 aliphatic rings. The van der Waals surface area contributed by atoms with Crippen molar-refractivity contribution in [2.24, 2.45) is 0 Å². The molecule has 1 aromatic rings. The van der Waals surface area contributed by atoms with Crippen LogP contribution in [0.1, 0.15) is 16.9 Å². The molecule has 0 N–H and O–H groups in total. The quantitative estimate of drug-likeness (QED) is 0.736. The first kappa shape index (κ1) is 15.6. The molecular formula is C16H21N5O2.